The maximum atomic E-state index is 12.3. The smallest absolute Gasteiger partial charge is 0.426 e. The molecule has 0 heterocycles. The van der Waals surface area contributed by atoms with Crippen LogP contribution in [0, 0.1) is 0 Å². The molecule has 0 fully saturated rings. The Morgan fingerprint density at radius 2 is 1.40 bits per heavy atom. The van der Waals surface area contributed by atoms with Gasteiger partial charge in [-0.2, -0.15) is 22.0 Å². The zero-order chi connectivity index (χ0) is 11.7. The van der Waals surface area contributed by atoms with Crippen molar-refractivity contribution in [1.82, 2.24) is 0 Å². The summed E-state index contributed by atoms with van der Waals surface area (Å²) in [6.45, 7) is 0. The highest BCUT2D eigenvalue weighted by Crippen LogP contribution is 2.37. The van der Waals surface area contributed by atoms with Gasteiger partial charge in [-0.05, 0) is 24.3 Å². The number of rotatable bonds is 2. The Balaban J connectivity index is 2.82. The average molecular weight is 247 g/mol. The molecule has 1 aromatic rings. The lowest BCUT2D eigenvalue weighted by Crippen LogP contribution is -2.41. The van der Waals surface area contributed by atoms with Crippen LogP contribution in [-0.4, -0.2) is 12.3 Å². The Kier molecular flexibility index (Phi) is 3.08. The molecule has 0 saturated carbocycles. The first-order valence-corrected chi connectivity index (χ1v) is 3.99. The molecule has 0 aliphatic carbocycles. The molecule has 7 heteroatoms. The standard InChI is InChI=1S/C8H4ClF5O/c9-5-1-3-6(4-2-5)15-8(13,14)7(10,11)12/h1-4H. The number of ether oxygens (including phenoxy) is 1. The van der Waals surface area contributed by atoms with Gasteiger partial charge in [-0.1, -0.05) is 11.6 Å². The molecular weight excluding hydrogens is 243 g/mol. The summed E-state index contributed by atoms with van der Waals surface area (Å²) in [7, 11) is 0. The molecular formula is C8H4ClF5O. The monoisotopic (exact) mass is 246 g/mol. The molecule has 1 aromatic carbocycles. The molecule has 0 N–H and O–H groups in total. The van der Waals surface area contributed by atoms with Crippen molar-refractivity contribution in [3.05, 3.63) is 29.3 Å². The number of alkyl halides is 5. The summed E-state index contributed by atoms with van der Waals surface area (Å²) in [6, 6.07) is 4.12. The fourth-order valence-corrected chi connectivity index (χ4v) is 0.835. The zero-order valence-electron chi connectivity index (χ0n) is 6.99. The van der Waals surface area contributed by atoms with E-state index in [4.69, 9.17) is 11.6 Å². The van der Waals surface area contributed by atoms with Gasteiger partial charge in [0.15, 0.2) is 0 Å². The number of hydrogen-bond acceptors (Lipinski definition) is 1. The summed E-state index contributed by atoms with van der Waals surface area (Å²) >= 11 is 5.41. The minimum atomic E-state index is -5.74. The molecule has 0 saturated heterocycles. The van der Waals surface area contributed by atoms with Gasteiger partial charge < -0.3 is 4.74 Å². The molecule has 0 spiro atoms. The highest BCUT2D eigenvalue weighted by Gasteiger charge is 2.61. The van der Waals surface area contributed by atoms with Crippen LogP contribution in [-0.2, 0) is 0 Å². The minimum Gasteiger partial charge on any atom is -0.426 e. The van der Waals surface area contributed by atoms with Crippen molar-refractivity contribution < 1.29 is 26.7 Å². The third-order valence-electron chi connectivity index (χ3n) is 1.39. The van der Waals surface area contributed by atoms with Crippen LogP contribution in [0.4, 0.5) is 22.0 Å². The first kappa shape index (κ1) is 12.0. The van der Waals surface area contributed by atoms with Gasteiger partial charge in [0.05, 0.1) is 0 Å². The summed E-state index contributed by atoms with van der Waals surface area (Å²) in [5.41, 5.74) is 0. The number of halogens is 6. The van der Waals surface area contributed by atoms with Crippen LogP contribution in [0.25, 0.3) is 0 Å². The second-order valence-electron chi connectivity index (χ2n) is 2.57. The van der Waals surface area contributed by atoms with Crippen molar-refractivity contribution in [3.8, 4) is 5.75 Å². The van der Waals surface area contributed by atoms with Gasteiger partial charge in [-0.15, -0.1) is 0 Å². The molecule has 0 aliphatic heterocycles. The topological polar surface area (TPSA) is 9.23 Å². The number of benzene rings is 1. The summed E-state index contributed by atoms with van der Waals surface area (Å²) < 4.78 is 63.3. The fourth-order valence-electron chi connectivity index (χ4n) is 0.709. The van der Waals surface area contributed by atoms with Crippen LogP contribution in [0.15, 0.2) is 24.3 Å². The van der Waals surface area contributed by atoms with E-state index in [0.29, 0.717) is 0 Å². The van der Waals surface area contributed by atoms with Gasteiger partial charge in [0.25, 0.3) is 0 Å². The SMILES string of the molecule is FC(F)(F)C(F)(F)Oc1ccc(Cl)cc1. The number of hydrogen-bond donors (Lipinski definition) is 0. The largest absolute Gasteiger partial charge is 0.499 e. The zero-order valence-corrected chi connectivity index (χ0v) is 7.74. The van der Waals surface area contributed by atoms with Crippen molar-refractivity contribution in [2.45, 2.75) is 12.3 Å². The van der Waals surface area contributed by atoms with Gasteiger partial charge >= 0.3 is 12.3 Å². The molecule has 1 rings (SSSR count). The van der Waals surface area contributed by atoms with Gasteiger partial charge in [0, 0.05) is 5.02 Å². The van der Waals surface area contributed by atoms with Gasteiger partial charge in [0.2, 0.25) is 0 Å². The van der Waals surface area contributed by atoms with Crippen LogP contribution in [0.1, 0.15) is 0 Å². The molecule has 0 bridgehead atoms. The third-order valence-corrected chi connectivity index (χ3v) is 1.64. The van der Waals surface area contributed by atoms with Crippen LogP contribution >= 0.6 is 11.6 Å². The van der Waals surface area contributed by atoms with Crippen molar-refractivity contribution in [2.24, 2.45) is 0 Å². The normalized spacial score (nSPS) is 12.7. The van der Waals surface area contributed by atoms with E-state index < -0.39 is 18.0 Å². The van der Waals surface area contributed by atoms with E-state index in [1.807, 2.05) is 0 Å². The molecule has 84 valence electrons. The maximum absolute atomic E-state index is 12.3. The first-order valence-electron chi connectivity index (χ1n) is 3.61. The molecule has 15 heavy (non-hydrogen) atoms. The summed E-state index contributed by atoms with van der Waals surface area (Å²) in [4.78, 5) is 0. The maximum Gasteiger partial charge on any atom is 0.499 e. The Labute approximate surface area is 86.4 Å². The van der Waals surface area contributed by atoms with E-state index in [0.717, 1.165) is 24.3 Å². The van der Waals surface area contributed by atoms with Crippen LogP contribution in [0.2, 0.25) is 5.02 Å². The highest BCUT2D eigenvalue weighted by molar-refractivity contribution is 6.30. The Morgan fingerprint density at radius 1 is 0.933 bits per heavy atom. The molecule has 0 aliphatic rings. The lowest BCUT2D eigenvalue weighted by atomic mass is 10.3. The molecule has 0 aromatic heterocycles. The highest BCUT2D eigenvalue weighted by atomic mass is 35.5. The first-order chi connectivity index (χ1) is 6.72. The quantitative estimate of drug-likeness (QED) is 0.720. The van der Waals surface area contributed by atoms with Crippen LogP contribution in [0.3, 0.4) is 0 Å². The minimum absolute atomic E-state index is 0.206. The lowest BCUT2D eigenvalue weighted by molar-refractivity contribution is -0.360. The van der Waals surface area contributed by atoms with Crippen LogP contribution in [0.5, 0.6) is 5.75 Å². The Morgan fingerprint density at radius 3 is 1.80 bits per heavy atom. The van der Waals surface area contributed by atoms with E-state index in [2.05, 4.69) is 4.74 Å². The van der Waals surface area contributed by atoms with E-state index in [1.54, 1.807) is 0 Å². The van der Waals surface area contributed by atoms with E-state index in [-0.39, 0.29) is 5.02 Å². The molecule has 0 radical (unpaired) electrons. The van der Waals surface area contributed by atoms with Crippen LogP contribution < -0.4 is 4.74 Å². The predicted octanol–water partition coefficient (Wildman–Crippen LogP) is 3.87. The van der Waals surface area contributed by atoms with E-state index >= 15 is 0 Å². The average Bonchev–Trinajstić information content (AvgIpc) is 2.06. The van der Waals surface area contributed by atoms with Gasteiger partial charge in [-0.3, -0.25) is 0 Å². The molecule has 0 unspecified atom stereocenters. The summed E-state index contributed by atoms with van der Waals surface area (Å²) in [5.74, 6) is -0.610. The summed E-state index contributed by atoms with van der Waals surface area (Å²) in [6.07, 6.45) is -11.0. The molecule has 0 atom stereocenters. The van der Waals surface area contributed by atoms with Crippen molar-refractivity contribution >= 4 is 11.6 Å². The van der Waals surface area contributed by atoms with E-state index in [1.165, 1.54) is 0 Å². The Hall–Kier alpha value is -1.04. The molecule has 1 nitrogen and oxygen atoms in total. The predicted molar refractivity (Wildman–Crippen MR) is 43.1 cm³/mol. The van der Waals surface area contributed by atoms with Gasteiger partial charge in [-0.25, -0.2) is 0 Å². The third kappa shape index (κ3) is 2.95. The van der Waals surface area contributed by atoms with Crippen molar-refractivity contribution in [2.75, 3.05) is 0 Å². The lowest BCUT2D eigenvalue weighted by Gasteiger charge is -2.19. The summed E-state index contributed by atoms with van der Waals surface area (Å²) in [5, 5.41) is 0.206. The van der Waals surface area contributed by atoms with Crippen molar-refractivity contribution in [3.63, 3.8) is 0 Å². The van der Waals surface area contributed by atoms with Crippen molar-refractivity contribution in [1.29, 1.82) is 0 Å². The van der Waals surface area contributed by atoms with E-state index in [9.17, 15) is 22.0 Å². The fraction of sp³-hybridized carbons (Fsp3) is 0.250. The second kappa shape index (κ2) is 3.84. The Bertz CT molecular complexity index is 332. The second-order valence-corrected chi connectivity index (χ2v) is 3.01. The van der Waals surface area contributed by atoms with Gasteiger partial charge in [0.1, 0.15) is 5.75 Å². The molecule has 0 amide bonds.